The van der Waals surface area contributed by atoms with Crippen molar-refractivity contribution < 1.29 is 23.8 Å². The quantitative estimate of drug-likeness (QED) is 0.226. The lowest BCUT2D eigenvalue weighted by Crippen LogP contribution is -2.41. The first-order chi connectivity index (χ1) is 21.3. The Labute approximate surface area is 253 Å². The van der Waals surface area contributed by atoms with E-state index in [2.05, 4.69) is 15.2 Å². The number of ether oxygens (including phenoxy) is 3. The van der Waals surface area contributed by atoms with Crippen molar-refractivity contribution >= 4 is 34.9 Å². The third-order valence-corrected chi connectivity index (χ3v) is 8.25. The summed E-state index contributed by atoms with van der Waals surface area (Å²) in [6.07, 6.45) is 6.52. The lowest BCUT2D eigenvalue weighted by molar-refractivity contribution is -0.122. The van der Waals surface area contributed by atoms with Gasteiger partial charge in [0.1, 0.15) is 23.7 Å². The van der Waals surface area contributed by atoms with E-state index in [0.29, 0.717) is 59.9 Å². The van der Waals surface area contributed by atoms with Crippen LogP contribution in [-0.2, 0) is 16.1 Å². The summed E-state index contributed by atoms with van der Waals surface area (Å²) in [6, 6.07) is 6.69. The molecule has 44 heavy (non-hydrogen) atoms. The average molecular weight is 605 g/mol. The predicted octanol–water partition coefficient (Wildman–Crippen LogP) is 1.59. The highest BCUT2D eigenvalue weighted by Gasteiger charge is 2.33. The Morgan fingerprint density at radius 2 is 1.68 bits per heavy atom. The number of amides is 2. The largest absolute Gasteiger partial charge is 0.493 e. The van der Waals surface area contributed by atoms with Crippen LogP contribution in [0.1, 0.15) is 31.4 Å². The number of primary amides is 2. The Morgan fingerprint density at radius 3 is 2.36 bits per heavy atom. The van der Waals surface area contributed by atoms with Crippen molar-refractivity contribution in [2.75, 3.05) is 44.6 Å². The molecule has 0 radical (unpaired) electrons. The molecule has 0 bridgehead atoms. The topological polar surface area (TPSA) is 180 Å². The molecule has 15 nitrogen and oxygen atoms in total. The lowest BCUT2D eigenvalue weighted by atomic mass is 10.2. The number of hydrogen-bond acceptors (Lipinski definition) is 11. The van der Waals surface area contributed by atoms with Gasteiger partial charge in [-0.2, -0.15) is 4.98 Å². The number of aromatic nitrogens is 5. The van der Waals surface area contributed by atoms with E-state index < -0.39 is 11.9 Å². The monoisotopic (exact) mass is 604 g/mol. The van der Waals surface area contributed by atoms with Gasteiger partial charge in [-0.15, -0.1) is 5.10 Å². The zero-order valence-electron chi connectivity index (χ0n) is 24.9. The van der Waals surface area contributed by atoms with Gasteiger partial charge in [-0.1, -0.05) is 0 Å². The lowest BCUT2D eigenvalue weighted by Gasteiger charge is -2.24. The van der Waals surface area contributed by atoms with Crippen LogP contribution in [0.15, 0.2) is 36.8 Å². The molecule has 2 amide bonds. The average Bonchev–Trinajstić information content (AvgIpc) is 3.83. The number of imidazole rings is 1. The summed E-state index contributed by atoms with van der Waals surface area (Å²) in [4.78, 5) is 37.6. The number of carbonyl (C=O) groups excluding carboxylic acids is 2. The fraction of sp³-hybridized carbons (Fsp3) is 0.414. The van der Waals surface area contributed by atoms with Gasteiger partial charge in [-0.05, 0) is 44.4 Å². The summed E-state index contributed by atoms with van der Waals surface area (Å²) < 4.78 is 20.1. The first kappa shape index (κ1) is 29.0. The molecule has 5 heterocycles. The molecule has 1 aromatic carbocycles. The number of methoxy groups -OCH3 is 3. The molecular formula is C29H36N10O5. The minimum atomic E-state index is -0.503. The maximum Gasteiger partial charge on any atom is 0.246 e. The highest BCUT2D eigenvalue weighted by molar-refractivity contribution is 5.84. The van der Waals surface area contributed by atoms with Crippen molar-refractivity contribution in [2.24, 2.45) is 11.5 Å². The molecule has 3 aromatic heterocycles. The van der Waals surface area contributed by atoms with Crippen molar-refractivity contribution in [3.05, 3.63) is 42.5 Å². The standard InChI is InChI=1S/C29H36N10O5/c1-42-22-12-18(13-23(43-2)25(22)44-3)37-15-24(32-16-37)33-28-21-9-8-17(14-36-10-4-6-19(36)26(30)40)39(21)35-29(34-28)38-11-5-7-20(38)27(31)41/h8-9,12-13,15-16,19-20H,4-7,10-11,14H2,1-3H3,(H2,30,40)(H2,31,41)(H,33,34,35). The summed E-state index contributed by atoms with van der Waals surface area (Å²) in [6.45, 7) is 1.84. The SMILES string of the molecule is COc1cc(-n2cnc(Nc3nc(N4CCCC4C(N)=O)nn4c(CN5CCCC5C(N)=O)ccc34)c2)cc(OC)c1OC. The third kappa shape index (κ3) is 5.30. The van der Waals surface area contributed by atoms with Crippen LogP contribution in [0.4, 0.5) is 17.6 Å². The Balaban J connectivity index is 1.37. The molecule has 0 saturated carbocycles. The Bertz CT molecular complexity index is 1680. The highest BCUT2D eigenvalue weighted by atomic mass is 16.5. The zero-order valence-corrected chi connectivity index (χ0v) is 24.9. The van der Waals surface area contributed by atoms with Gasteiger partial charge in [-0.25, -0.2) is 9.50 Å². The van der Waals surface area contributed by atoms with Gasteiger partial charge < -0.3 is 40.5 Å². The van der Waals surface area contributed by atoms with Crippen molar-refractivity contribution in [3.63, 3.8) is 0 Å². The number of nitrogens with zero attached hydrogens (tertiary/aromatic N) is 7. The van der Waals surface area contributed by atoms with Crippen LogP contribution in [0.3, 0.4) is 0 Å². The number of nitrogens with two attached hydrogens (primary N) is 2. The van der Waals surface area contributed by atoms with Crippen LogP contribution in [-0.4, -0.2) is 87.4 Å². The van der Waals surface area contributed by atoms with Crippen molar-refractivity contribution in [1.29, 1.82) is 0 Å². The minimum Gasteiger partial charge on any atom is -0.493 e. The first-order valence-electron chi connectivity index (χ1n) is 14.4. The van der Waals surface area contributed by atoms with Gasteiger partial charge in [0.25, 0.3) is 0 Å². The van der Waals surface area contributed by atoms with Crippen LogP contribution < -0.4 is 35.9 Å². The molecule has 2 saturated heterocycles. The van der Waals surface area contributed by atoms with E-state index in [9.17, 15) is 9.59 Å². The van der Waals surface area contributed by atoms with E-state index in [1.165, 1.54) is 0 Å². The maximum atomic E-state index is 12.3. The van der Waals surface area contributed by atoms with Crippen LogP contribution in [0.2, 0.25) is 0 Å². The first-order valence-corrected chi connectivity index (χ1v) is 14.4. The summed E-state index contributed by atoms with van der Waals surface area (Å²) in [7, 11) is 4.68. The van der Waals surface area contributed by atoms with Gasteiger partial charge in [0.05, 0.1) is 44.9 Å². The number of hydrogen-bond donors (Lipinski definition) is 3. The van der Waals surface area contributed by atoms with Crippen LogP contribution in [0.25, 0.3) is 11.2 Å². The molecule has 6 rings (SSSR count). The summed E-state index contributed by atoms with van der Waals surface area (Å²) >= 11 is 0. The second-order valence-electron chi connectivity index (χ2n) is 10.8. The summed E-state index contributed by atoms with van der Waals surface area (Å²) in [5.41, 5.74) is 13.7. The van der Waals surface area contributed by atoms with Gasteiger partial charge in [0.15, 0.2) is 17.3 Å². The van der Waals surface area contributed by atoms with Crippen LogP contribution in [0, 0.1) is 0 Å². The summed E-state index contributed by atoms with van der Waals surface area (Å²) in [5.74, 6) is 2.16. The molecule has 5 N–H and O–H groups in total. The molecule has 232 valence electrons. The van der Waals surface area contributed by atoms with E-state index in [4.69, 9.17) is 35.8 Å². The van der Waals surface area contributed by atoms with Crippen molar-refractivity contribution in [3.8, 4) is 22.9 Å². The highest BCUT2D eigenvalue weighted by Crippen LogP contribution is 2.39. The number of benzene rings is 1. The van der Waals surface area contributed by atoms with E-state index >= 15 is 0 Å². The Morgan fingerprint density at radius 1 is 0.977 bits per heavy atom. The number of rotatable bonds is 11. The minimum absolute atomic E-state index is 0.323. The zero-order chi connectivity index (χ0) is 31.0. The second-order valence-corrected chi connectivity index (χ2v) is 10.8. The van der Waals surface area contributed by atoms with Crippen LogP contribution in [0.5, 0.6) is 17.2 Å². The number of nitrogens with one attached hydrogen (secondary N) is 1. The van der Waals surface area contributed by atoms with Crippen LogP contribution >= 0.6 is 0 Å². The van der Waals surface area contributed by atoms with Gasteiger partial charge in [-0.3, -0.25) is 14.5 Å². The Kier molecular flexibility index (Phi) is 7.86. The van der Waals surface area contributed by atoms with E-state index in [0.717, 1.165) is 37.2 Å². The number of anilines is 3. The smallest absolute Gasteiger partial charge is 0.246 e. The molecule has 2 aliphatic rings. The molecule has 2 fully saturated rings. The maximum absolute atomic E-state index is 12.3. The Hall–Kier alpha value is -5.05. The molecule has 4 aromatic rings. The predicted molar refractivity (Wildman–Crippen MR) is 162 cm³/mol. The fourth-order valence-electron chi connectivity index (χ4n) is 6.08. The van der Waals surface area contributed by atoms with E-state index in [1.54, 1.807) is 32.2 Å². The number of fused-ring (bicyclic) bond motifs is 1. The van der Waals surface area contributed by atoms with Gasteiger partial charge in [0, 0.05) is 25.2 Å². The normalized spacial score (nSPS) is 18.6. The second kappa shape index (κ2) is 11.9. The molecular weight excluding hydrogens is 568 g/mol. The fourth-order valence-corrected chi connectivity index (χ4v) is 6.08. The molecule has 2 unspecified atom stereocenters. The van der Waals surface area contributed by atoms with E-state index in [1.807, 2.05) is 39.9 Å². The summed E-state index contributed by atoms with van der Waals surface area (Å²) in [5, 5.41) is 8.18. The third-order valence-electron chi connectivity index (χ3n) is 8.25. The van der Waals surface area contributed by atoms with Crippen molar-refractivity contribution in [2.45, 2.75) is 44.3 Å². The van der Waals surface area contributed by atoms with Gasteiger partial charge in [0.2, 0.25) is 23.5 Å². The molecule has 2 atom stereocenters. The number of carbonyl (C=O) groups is 2. The molecule has 0 spiro atoms. The molecule has 15 heteroatoms. The van der Waals surface area contributed by atoms with Crippen molar-refractivity contribution in [1.82, 2.24) is 29.0 Å². The van der Waals surface area contributed by atoms with Gasteiger partial charge >= 0.3 is 0 Å². The molecule has 2 aliphatic heterocycles. The van der Waals surface area contributed by atoms with E-state index in [-0.39, 0.29) is 11.9 Å². The number of likely N-dealkylation sites (tertiary alicyclic amines) is 1. The molecule has 0 aliphatic carbocycles.